The third-order valence-electron chi connectivity index (χ3n) is 3.96. The van der Waals surface area contributed by atoms with E-state index in [-0.39, 0.29) is 18.0 Å². The summed E-state index contributed by atoms with van der Waals surface area (Å²) in [5.74, 6) is -0.584. The first-order chi connectivity index (χ1) is 13.9. The molecular weight excluding hydrogens is 417 g/mol. The third kappa shape index (κ3) is 4.88. The van der Waals surface area contributed by atoms with Crippen molar-refractivity contribution in [2.45, 2.75) is 6.61 Å². The van der Waals surface area contributed by atoms with Crippen LogP contribution in [0.4, 0.5) is 5.69 Å². The van der Waals surface area contributed by atoms with Crippen LogP contribution in [0.3, 0.4) is 0 Å². The number of aromatic nitrogens is 2. The number of methoxy groups -OCH3 is 1. The van der Waals surface area contributed by atoms with E-state index >= 15 is 0 Å². The molecule has 3 aromatic rings. The van der Waals surface area contributed by atoms with Crippen molar-refractivity contribution < 1.29 is 19.1 Å². The molecule has 0 radical (unpaired) electrons. The fraction of sp³-hybridized carbons (Fsp3) is 0.150. The van der Waals surface area contributed by atoms with Gasteiger partial charge in [0.2, 0.25) is 0 Å². The zero-order valence-electron chi connectivity index (χ0n) is 15.6. The van der Waals surface area contributed by atoms with Gasteiger partial charge in [0.25, 0.3) is 5.91 Å². The molecule has 0 aliphatic rings. The highest BCUT2D eigenvalue weighted by Crippen LogP contribution is 2.32. The molecule has 0 fully saturated rings. The lowest BCUT2D eigenvalue weighted by Crippen LogP contribution is -2.15. The molecule has 1 amide bonds. The van der Waals surface area contributed by atoms with Gasteiger partial charge < -0.3 is 14.8 Å². The molecule has 3 rings (SSSR count). The van der Waals surface area contributed by atoms with Crippen molar-refractivity contribution in [2.24, 2.45) is 7.05 Å². The van der Waals surface area contributed by atoms with E-state index in [1.165, 1.54) is 18.0 Å². The number of amides is 1. The monoisotopic (exact) mass is 433 g/mol. The molecular formula is C20H17Cl2N3O4. The van der Waals surface area contributed by atoms with Crippen LogP contribution in [-0.2, 0) is 18.4 Å². The second-order valence-electron chi connectivity index (χ2n) is 6.05. The number of aryl methyl sites for hydroxylation is 1. The molecule has 0 spiro atoms. The number of benzene rings is 2. The van der Waals surface area contributed by atoms with Crippen LogP contribution in [0.2, 0.25) is 10.0 Å². The summed E-state index contributed by atoms with van der Waals surface area (Å²) in [5.41, 5.74) is 1.44. The highest BCUT2D eigenvalue weighted by Gasteiger charge is 2.19. The Balaban J connectivity index is 1.73. The smallest absolute Gasteiger partial charge is 0.360 e. The second kappa shape index (κ2) is 8.98. The highest BCUT2D eigenvalue weighted by atomic mass is 35.5. The Morgan fingerprint density at radius 2 is 1.93 bits per heavy atom. The van der Waals surface area contributed by atoms with Crippen molar-refractivity contribution in [2.75, 3.05) is 12.4 Å². The molecule has 0 bridgehead atoms. The molecule has 0 saturated heterocycles. The minimum atomic E-state index is -0.638. The molecule has 0 saturated carbocycles. The summed E-state index contributed by atoms with van der Waals surface area (Å²) < 4.78 is 11.8. The van der Waals surface area contributed by atoms with Crippen LogP contribution in [0.5, 0.6) is 5.75 Å². The number of nitrogens with zero attached hydrogens (tertiary/aromatic N) is 2. The molecule has 29 heavy (non-hydrogen) atoms. The van der Waals surface area contributed by atoms with E-state index < -0.39 is 11.9 Å². The highest BCUT2D eigenvalue weighted by molar-refractivity contribution is 6.42. The van der Waals surface area contributed by atoms with E-state index in [1.807, 2.05) is 6.07 Å². The summed E-state index contributed by atoms with van der Waals surface area (Å²) in [6.45, 7) is 0.196. The maximum Gasteiger partial charge on any atom is 0.360 e. The summed E-state index contributed by atoms with van der Waals surface area (Å²) in [5, 5.41) is 7.41. The maximum absolute atomic E-state index is 12.6. The molecule has 150 valence electrons. The van der Waals surface area contributed by atoms with Gasteiger partial charge in [-0.3, -0.25) is 9.48 Å². The number of carbonyl (C=O) groups is 2. The van der Waals surface area contributed by atoms with Gasteiger partial charge in [0.15, 0.2) is 5.69 Å². The van der Waals surface area contributed by atoms with E-state index in [4.69, 9.17) is 27.9 Å². The fourth-order valence-corrected chi connectivity index (χ4v) is 2.93. The van der Waals surface area contributed by atoms with Gasteiger partial charge in [0.1, 0.15) is 17.4 Å². The van der Waals surface area contributed by atoms with Gasteiger partial charge in [0, 0.05) is 18.8 Å². The summed E-state index contributed by atoms with van der Waals surface area (Å²) in [4.78, 5) is 24.4. The van der Waals surface area contributed by atoms with Crippen LogP contribution in [-0.4, -0.2) is 28.8 Å². The Morgan fingerprint density at radius 3 is 2.69 bits per heavy atom. The Labute approximate surface area is 177 Å². The lowest BCUT2D eigenvalue weighted by Gasteiger charge is -2.10. The van der Waals surface area contributed by atoms with Crippen LogP contribution in [0.25, 0.3) is 0 Å². The Morgan fingerprint density at radius 1 is 1.17 bits per heavy atom. The number of halogens is 2. The van der Waals surface area contributed by atoms with Crippen LogP contribution < -0.4 is 10.1 Å². The van der Waals surface area contributed by atoms with Crippen LogP contribution in [0.15, 0.2) is 48.7 Å². The van der Waals surface area contributed by atoms with Crippen molar-refractivity contribution in [3.63, 3.8) is 0 Å². The number of anilines is 1. The molecule has 1 aromatic heterocycles. The number of carbonyl (C=O) groups excluding carboxylic acids is 2. The molecule has 0 atom stereocenters. The maximum atomic E-state index is 12.6. The second-order valence-corrected chi connectivity index (χ2v) is 6.84. The normalized spacial score (nSPS) is 10.5. The average molecular weight is 434 g/mol. The van der Waals surface area contributed by atoms with Crippen LogP contribution in [0.1, 0.15) is 26.4 Å². The van der Waals surface area contributed by atoms with E-state index in [1.54, 1.807) is 43.4 Å². The summed E-state index contributed by atoms with van der Waals surface area (Å²) >= 11 is 12.1. The molecule has 7 nitrogen and oxygen atoms in total. The molecule has 0 aliphatic heterocycles. The lowest BCUT2D eigenvalue weighted by molar-refractivity contribution is 0.0594. The van der Waals surface area contributed by atoms with Gasteiger partial charge >= 0.3 is 5.97 Å². The van der Waals surface area contributed by atoms with Crippen molar-refractivity contribution in [1.82, 2.24) is 9.78 Å². The van der Waals surface area contributed by atoms with Crippen molar-refractivity contribution in [3.8, 4) is 5.75 Å². The Kier molecular flexibility index (Phi) is 6.41. The summed E-state index contributed by atoms with van der Waals surface area (Å²) in [6.07, 6.45) is 1.53. The lowest BCUT2D eigenvalue weighted by atomic mass is 10.1. The topological polar surface area (TPSA) is 82.5 Å². The zero-order chi connectivity index (χ0) is 21.0. The number of hydrogen-bond donors (Lipinski definition) is 1. The quantitative estimate of drug-likeness (QED) is 0.584. The van der Waals surface area contributed by atoms with E-state index in [0.717, 1.165) is 5.56 Å². The largest absolute Gasteiger partial charge is 0.487 e. The van der Waals surface area contributed by atoms with Crippen LogP contribution in [0, 0.1) is 0 Å². The summed E-state index contributed by atoms with van der Waals surface area (Å²) in [7, 11) is 2.89. The number of hydrogen-bond acceptors (Lipinski definition) is 5. The Hall–Kier alpha value is -3.03. The summed E-state index contributed by atoms with van der Waals surface area (Å²) in [6, 6.07) is 12.0. The minimum absolute atomic E-state index is 0.0263. The molecule has 1 N–H and O–H groups in total. The number of rotatable bonds is 6. The predicted octanol–water partition coefficient (Wildman–Crippen LogP) is 4.34. The van der Waals surface area contributed by atoms with E-state index in [9.17, 15) is 9.59 Å². The van der Waals surface area contributed by atoms with Gasteiger partial charge in [-0.2, -0.15) is 5.10 Å². The first-order valence-electron chi connectivity index (χ1n) is 8.48. The average Bonchev–Trinajstić information content (AvgIpc) is 3.08. The van der Waals surface area contributed by atoms with E-state index in [2.05, 4.69) is 15.2 Å². The first-order valence-corrected chi connectivity index (χ1v) is 9.23. The van der Waals surface area contributed by atoms with Crippen LogP contribution >= 0.6 is 23.2 Å². The molecule has 0 aliphatic carbocycles. The molecule has 0 unspecified atom stereocenters. The van der Waals surface area contributed by atoms with Gasteiger partial charge in [-0.25, -0.2) is 4.79 Å². The first kappa shape index (κ1) is 20.7. The standard InChI is InChI=1S/C20H17Cl2N3O4/c1-25-10-15(18(24-25)20(27)28-2)23-19(26)13-6-3-5-12(9-13)11-29-16-8-4-7-14(21)17(16)22/h3-10H,11H2,1-2H3,(H,23,26). The Bertz CT molecular complexity index is 1070. The van der Waals surface area contributed by atoms with Gasteiger partial charge in [-0.1, -0.05) is 41.4 Å². The van der Waals surface area contributed by atoms with Gasteiger partial charge in [-0.15, -0.1) is 0 Å². The number of ether oxygens (including phenoxy) is 2. The third-order valence-corrected chi connectivity index (χ3v) is 4.76. The minimum Gasteiger partial charge on any atom is -0.487 e. The molecule has 1 heterocycles. The number of nitrogens with one attached hydrogen (secondary N) is 1. The molecule has 9 heteroatoms. The SMILES string of the molecule is COC(=O)c1nn(C)cc1NC(=O)c1cccc(COc2cccc(Cl)c2Cl)c1. The zero-order valence-corrected chi connectivity index (χ0v) is 17.1. The number of esters is 1. The van der Waals surface area contributed by atoms with E-state index in [0.29, 0.717) is 21.4 Å². The predicted molar refractivity (Wildman–Crippen MR) is 110 cm³/mol. The van der Waals surface area contributed by atoms with Crippen molar-refractivity contribution >= 4 is 40.8 Å². The molecule has 2 aromatic carbocycles. The van der Waals surface area contributed by atoms with Gasteiger partial charge in [-0.05, 0) is 29.8 Å². The fourth-order valence-electron chi connectivity index (χ4n) is 2.58. The van der Waals surface area contributed by atoms with Crippen molar-refractivity contribution in [3.05, 3.63) is 75.5 Å². The van der Waals surface area contributed by atoms with Crippen molar-refractivity contribution in [1.29, 1.82) is 0 Å². The van der Waals surface area contributed by atoms with Gasteiger partial charge in [0.05, 0.1) is 17.8 Å².